The Hall–Kier alpha value is -7.32. The van der Waals surface area contributed by atoms with E-state index in [1.165, 1.54) is 12.2 Å². The molecule has 7 aromatic rings. The van der Waals surface area contributed by atoms with E-state index in [4.69, 9.17) is 0 Å². The Bertz CT molecular complexity index is 2420. The summed E-state index contributed by atoms with van der Waals surface area (Å²) in [6.45, 7) is 0. The summed E-state index contributed by atoms with van der Waals surface area (Å²) in [5, 5.41) is 0. The molecule has 0 fully saturated rings. The number of para-hydroxylation sites is 2. The minimum atomic E-state index is -1.23. The Balaban J connectivity index is 1.11. The van der Waals surface area contributed by atoms with Crippen LogP contribution in [0.4, 0.5) is 60.5 Å². The molecule has 2 nitrogen and oxygen atoms in total. The molecule has 0 heterocycles. The molecule has 0 radical (unpaired) electrons. The second-order valence-electron chi connectivity index (χ2n) is 13.1. The summed E-state index contributed by atoms with van der Waals surface area (Å²) in [5.74, 6) is -6.36. The average Bonchev–Trinajstić information content (AvgIpc) is 3.24. The van der Waals surface area contributed by atoms with E-state index < -0.39 is 34.9 Å². The molecule has 0 bridgehead atoms. The molecule has 7 aromatic carbocycles. The minimum Gasteiger partial charge on any atom is -0.311 e. The lowest BCUT2D eigenvalue weighted by atomic mass is 10.1. The number of hydrogen-bond donors (Lipinski definition) is 0. The van der Waals surface area contributed by atoms with Crippen molar-refractivity contribution in [2.24, 2.45) is 0 Å². The van der Waals surface area contributed by atoms with Crippen molar-refractivity contribution in [3.05, 3.63) is 239 Å². The van der Waals surface area contributed by atoms with E-state index in [0.717, 1.165) is 57.4 Å². The molecule has 0 saturated carbocycles. The number of hydrogen-bond acceptors (Lipinski definition) is 2. The van der Waals surface area contributed by atoms with Crippen LogP contribution in [0.2, 0.25) is 0 Å². The molecule has 0 saturated heterocycles. The highest BCUT2D eigenvalue weighted by atomic mass is 19.2. The monoisotopic (exact) mass is 776 g/mol. The van der Waals surface area contributed by atoms with E-state index in [1.54, 1.807) is 24.3 Å². The second kappa shape index (κ2) is 18.1. The molecule has 7 rings (SSSR count). The van der Waals surface area contributed by atoms with Gasteiger partial charge in [-0.15, -0.1) is 0 Å². The topological polar surface area (TPSA) is 6.48 Å². The molecule has 8 heteroatoms. The number of anilines is 6. The smallest absolute Gasteiger partial charge is 0.161 e. The predicted molar refractivity (Wildman–Crippen MR) is 225 cm³/mol. The molecule has 0 N–H and O–H groups in total. The van der Waals surface area contributed by atoms with Crippen molar-refractivity contribution in [1.82, 2.24) is 0 Å². The van der Waals surface area contributed by atoms with E-state index >= 15 is 0 Å². The van der Waals surface area contributed by atoms with Crippen LogP contribution in [0.25, 0.3) is 24.3 Å². The molecule has 0 atom stereocenters. The highest BCUT2D eigenvalue weighted by Gasteiger charge is 2.16. The molecular weight excluding hydrogens is 743 g/mol. The number of benzene rings is 7. The number of allylic oxidation sites excluding steroid dienone is 4. The van der Waals surface area contributed by atoms with E-state index in [1.807, 2.05) is 121 Å². The summed E-state index contributed by atoms with van der Waals surface area (Å²) < 4.78 is 81.7. The van der Waals surface area contributed by atoms with Crippen LogP contribution in [-0.2, 0) is 0 Å². The molecule has 0 unspecified atom stereocenters. The summed E-state index contributed by atoms with van der Waals surface area (Å²) in [6, 6.07) is 46.8. The molecular formula is C50H34F6N2. The first-order chi connectivity index (χ1) is 28.2. The van der Waals surface area contributed by atoms with Gasteiger partial charge >= 0.3 is 0 Å². The van der Waals surface area contributed by atoms with Crippen LogP contribution in [0.5, 0.6) is 0 Å². The Labute approximate surface area is 332 Å². The third-order valence-electron chi connectivity index (χ3n) is 9.13. The van der Waals surface area contributed by atoms with E-state index in [-0.39, 0.29) is 11.1 Å². The van der Waals surface area contributed by atoms with Crippen molar-refractivity contribution in [2.75, 3.05) is 9.80 Å². The van der Waals surface area contributed by atoms with Gasteiger partial charge in [-0.25, -0.2) is 26.3 Å². The van der Waals surface area contributed by atoms with Gasteiger partial charge in [-0.2, -0.15) is 0 Å². The van der Waals surface area contributed by atoms with E-state index in [9.17, 15) is 26.3 Å². The molecule has 0 aliphatic heterocycles. The van der Waals surface area contributed by atoms with Crippen LogP contribution in [0.15, 0.2) is 182 Å². The first kappa shape index (κ1) is 38.9. The second-order valence-corrected chi connectivity index (χ2v) is 13.1. The van der Waals surface area contributed by atoms with Gasteiger partial charge in [0.25, 0.3) is 0 Å². The summed E-state index contributed by atoms with van der Waals surface area (Å²) in [5.41, 5.74) is 7.30. The van der Waals surface area contributed by atoms with Crippen molar-refractivity contribution in [2.45, 2.75) is 0 Å². The van der Waals surface area contributed by atoms with Gasteiger partial charge in [0.1, 0.15) is 11.6 Å². The Kier molecular flexibility index (Phi) is 12.1. The third-order valence-corrected chi connectivity index (χ3v) is 9.13. The Morgan fingerprint density at radius 2 is 0.552 bits per heavy atom. The van der Waals surface area contributed by atoms with Crippen molar-refractivity contribution in [3.63, 3.8) is 0 Å². The molecule has 0 amide bonds. The number of halogens is 6. The van der Waals surface area contributed by atoms with Gasteiger partial charge in [0, 0.05) is 57.4 Å². The first-order valence-electron chi connectivity index (χ1n) is 18.2. The van der Waals surface area contributed by atoms with Gasteiger partial charge in [0.15, 0.2) is 23.3 Å². The first-order valence-corrected chi connectivity index (χ1v) is 18.2. The zero-order chi connectivity index (χ0) is 40.4. The fraction of sp³-hybridized carbons (Fsp3) is 0. The van der Waals surface area contributed by atoms with E-state index in [2.05, 4.69) is 34.1 Å². The molecule has 0 aromatic heterocycles. The normalized spacial score (nSPS) is 11.7. The molecule has 0 aliphatic carbocycles. The maximum atomic E-state index is 14.0. The van der Waals surface area contributed by atoms with Crippen LogP contribution in [0.3, 0.4) is 0 Å². The van der Waals surface area contributed by atoms with Gasteiger partial charge in [-0.05, 0) is 96.1 Å². The highest BCUT2D eigenvalue weighted by molar-refractivity contribution is 5.81. The largest absolute Gasteiger partial charge is 0.311 e. The number of rotatable bonds is 12. The lowest BCUT2D eigenvalue weighted by Gasteiger charge is -2.28. The van der Waals surface area contributed by atoms with Gasteiger partial charge in [-0.1, -0.05) is 109 Å². The molecule has 286 valence electrons. The average molecular weight is 777 g/mol. The summed E-state index contributed by atoms with van der Waals surface area (Å²) in [6.07, 6.45) is 13.0. The van der Waals surface area contributed by atoms with Crippen molar-refractivity contribution < 1.29 is 26.3 Å². The summed E-state index contributed by atoms with van der Waals surface area (Å²) in [7, 11) is 0. The standard InChI is InChI=1S/C50H34F6N2/c51-45-33-49(55)47(53)31-37(45)13-9-7-11-35-19-23-41(24-20-35)57(39-15-3-1-4-16-39)43-27-29-44(30-28-43)58(40-17-5-2-6-18-40)42-25-21-36(22-26-42)12-8-10-14-38-32-48(54)50(56)34-46(38)52/h1-34H. The summed E-state index contributed by atoms with van der Waals surface area (Å²) >= 11 is 0. The predicted octanol–water partition coefficient (Wildman–Crippen LogP) is 14.9. The summed E-state index contributed by atoms with van der Waals surface area (Å²) in [4.78, 5) is 4.29. The fourth-order valence-electron chi connectivity index (χ4n) is 6.25. The van der Waals surface area contributed by atoms with Crippen LogP contribution in [0, 0.1) is 34.9 Å². The minimum absolute atomic E-state index is 0.0485. The lowest BCUT2D eigenvalue weighted by molar-refractivity contribution is 0.494. The van der Waals surface area contributed by atoms with Gasteiger partial charge in [-0.3, -0.25) is 0 Å². The van der Waals surface area contributed by atoms with Crippen LogP contribution in [-0.4, -0.2) is 0 Å². The maximum absolute atomic E-state index is 14.0. The van der Waals surface area contributed by atoms with Crippen molar-refractivity contribution in [3.8, 4) is 0 Å². The molecule has 58 heavy (non-hydrogen) atoms. The van der Waals surface area contributed by atoms with Crippen LogP contribution >= 0.6 is 0 Å². The fourth-order valence-corrected chi connectivity index (χ4v) is 6.25. The van der Waals surface area contributed by atoms with Crippen molar-refractivity contribution in [1.29, 1.82) is 0 Å². The SMILES string of the molecule is Fc1cc(F)c(C=CC=Cc2ccc(N(c3ccccc3)c3ccc(N(c4ccccc4)c4ccc(C=CC=Cc5cc(F)c(F)cc5F)cc4)cc3)cc2)cc1F. The van der Waals surface area contributed by atoms with Gasteiger partial charge in [0.2, 0.25) is 0 Å². The third kappa shape index (κ3) is 9.37. The molecule has 0 spiro atoms. The van der Waals surface area contributed by atoms with Gasteiger partial charge in [0.05, 0.1) is 0 Å². The quantitative estimate of drug-likeness (QED) is 0.0693. The van der Waals surface area contributed by atoms with E-state index in [0.29, 0.717) is 12.1 Å². The zero-order valence-corrected chi connectivity index (χ0v) is 30.8. The molecule has 0 aliphatic rings. The Morgan fingerprint density at radius 3 is 0.897 bits per heavy atom. The zero-order valence-electron chi connectivity index (χ0n) is 30.8. The maximum Gasteiger partial charge on any atom is 0.161 e. The highest BCUT2D eigenvalue weighted by Crippen LogP contribution is 2.39. The van der Waals surface area contributed by atoms with Gasteiger partial charge < -0.3 is 9.80 Å². The lowest BCUT2D eigenvalue weighted by Crippen LogP contribution is -2.12. The van der Waals surface area contributed by atoms with Crippen LogP contribution < -0.4 is 9.80 Å². The Morgan fingerprint density at radius 1 is 0.276 bits per heavy atom. The van der Waals surface area contributed by atoms with Crippen molar-refractivity contribution >= 4 is 58.4 Å². The number of nitrogens with zero attached hydrogens (tertiary/aromatic N) is 2. The van der Waals surface area contributed by atoms with Crippen LogP contribution in [0.1, 0.15) is 22.3 Å².